The Morgan fingerprint density at radius 3 is 2.65 bits per heavy atom. The number of amidine groups is 1. The summed E-state index contributed by atoms with van der Waals surface area (Å²) in [5, 5.41) is 3.52. The number of morpholine rings is 1. The molecule has 4 heteroatoms. The topological polar surface area (TPSA) is 36.9 Å². The average molecular weight is 273 g/mol. The Hall–Kier alpha value is -1.55. The van der Waals surface area contributed by atoms with Gasteiger partial charge in [-0.1, -0.05) is 12.1 Å². The lowest BCUT2D eigenvalue weighted by molar-refractivity contribution is 0.123. The van der Waals surface area contributed by atoms with Crippen molar-refractivity contribution in [2.75, 3.05) is 31.2 Å². The van der Waals surface area contributed by atoms with Crippen LogP contribution in [0.5, 0.6) is 0 Å². The van der Waals surface area contributed by atoms with E-state index in [-0.39, 0.29) is 5.54 Å². The number of hydrogen-bond donors (Lipinski definition) is 1. The maximum atomic E-state index is 5.43. The zero-order valence-corrected chi connectivity index (χ0v) is 12.4. The highest BCUT2D eigenvalue weighted by atomic mass is 16.5. The summed E-state index contributed by atoms with van der Waals surface area (Å²) in [7, 11) is 0. The van der Waals surface area contributed by atoms with Crippen molar-refractivity contribution in [3.8, 4) is 0 Å². The van der Waals surface area contributed by atoms with Gasteiger partial charge < -0.3 is 15.0 Å². The molecule has 108 valence electrons. The monoisotopic (exact) mass is 273 g/mol. The standard InChI is InChI=1S/C16H23N3O/c1-16(2)8-7-15(18-16)17-13-5-3-4-6-14(13)19-9-11-20-12-10-19/h3-6H,7-12H2,1-2H3,(H,17,18). The Kier molecular flexibility index (Phi) is 3.66. The molecular formula is C16H23N3O. The highest BCUT2D eigenvalue weighted by Crippen LogP contribution is 2.30. The lowest BCUT2D eigenvalue weighted by Gasteiger charge is -2.29. The predicted molar refractivity (Wildman–Crippen MR) is 83.0 cm³/mol. The molecule has 0 amide bonds. The first-order chi connectivity index (χ1) is 9.64. The summed E-state index contributed by atoms with van der Waals surface area (Å²) in [5.41, 5.74) is 2.46. The van der Waals surface area contributed by atoms with Crippen LogP contribution in [-0.4, -0.2) is 37.7 Å². The first-order valence-corrected chi connectivity index (χ1v) is 7.42. The van der Waals surface area contributed by atoms with Gasteiger partial charge in [-0.15, -0.1) is 0 Å². The molecule has 0 bridgehead atoms. The van der Waals surface area contributed by atoms with Crippen LogP contribution in [0.25, 0.3) is 0 Å². The third kappa shape index (κ3) is 2.96. The number of nitrogens with zero attached hydrogens (tertiary/aromatic N) is 2. The maximum absolute atomic E-state index is 5.43. The molecule has 0 radical (unpaired) electrons. The van der Waals surface area contributed by atoms with Gasteiger partial charge in [-0.05, 0) is 32.4 Å². The molecule has 2 aliphatic rings. The molecule has 0 saturated carbocycles. The molecule has 2 aliphatic heterocycles. The molecule has 0 aliphatic carbocycles. The van der Waals surface area contributed by atoms with Gasteiger partial charge in [0.25, 0.3) is 0 Å². The molecule has 3 rings (SSSR count). The van der Waals surface area contributed by atoms with Crippen LogP contribution in [0.4, 0.5) is 11.4 Å². The summed E-state index contributed by atoms with van der Waals surface area (Å²) in [5.74, 6) is 1.11. The molecule has 0 atom stereocenters. The van der Waals surface area contributed by atoms with E-state index in [1.807, 2.05) is 0 Å². The van der Waals surface area contributed by atoms with E-state index < -0.39 is 0 Å². The molecule has 1 aromatic rings. The quantitative estimate of drug-likeness (QED) is 0.900. The second kappa shape index (κ2) is 5.44. The predicted octanol–water partition coefficient (Wildman–Crippen LogP) is 2.72. The minimum atomic E-state index is 0.173. The van der Waals surface area contributed by atoms with Gasteiger partial charge in [-0.3, -0.25) is 0 Å². The molecule has 1 aromatic carbocycles. The molecule has 4 nitrogen and oxygen atoms in total. The summed E-state index contributed by atoms with van der Waals surface area (Å²) in [6.07, 6.45) is 2.18. The lowest BCUT2D eigenvalue weighted by Crippen LogP contribution is -2.36. The fourth-order valence-corrected chi connectivity index (χ4v) is 2.81. The Morgan fingerprint density at radius 1 is 1.20 bits per heavy atom. The van der Waals surface area contributed by atoms with E-state index in [0.717, 1.165) is 50.7 Å². The van der Waals surface area contributed by atoms with Crippen LogP contribution in [0.2, 0.25) is 0 Å². The Labute approximate surface area is 120 Å². The van der Waals surface area contributed by atoms with Gasteiger partial charge in [0, 0.05) is 25.0 Å². The normalized spacial score (nSPS) is 23.9. The number of aliphatic imine (C=N–C) groups is 1. The van der Waals surface area contributed by atoms with E-state index >= 15 is 0 Å². The van der Waals surface area contributed by atoms with E-state index in [1.165, 1.54) is 5.69 Å². The van der Waals surface area contributed by atoms with Crippen LogP contribution < -0.4 is 10.2 Å². The summed E-state index contributed by atoms with van der Waals surface area (Å²) < 4.78 is 5.43. The van der Waals surface area contributed by atoms with Gasteiger partial charge in [0.15, 0.2) is 0 Å². The van der Waals surface area contributed by atoms with Crippen molar-refractivity contribution in [3.63, 3.8) is 0 Å². The first kappa shape index (κ1) is 13.4. The summed E-state index contributed by atoms with van der Waals surface area (Å²) in [6, 6.07) is 8.40. The van der Waals surface area contributed by atoms with E-state index in [2.05, 4.69) is 48.3 Å². The Balaban J connectivity index is 1.84. The molecule has 0 spiro atoms. The van der Waals surface area contributed by atoms with E-state index in [9.17, 15) is 0 Å². The third-order valence-corrected chi connectivity index (χ3v) is 3.96. The second-order valence-corrected chi connectivity index (χ2v) is 6.16. The van der Waals surface area contributed by atoms with Crippen molar-refractivity contribution in [3.05, 3.63) is 24.3 Å². The first-order valence-electron chi connectivity index (χ1n) is 7.42. The van der Waals surface area contributed by atoms with Gasteiger partial charge in [0.05, 0.1) is 24.6 Å². The van der Waals surface area contributed by atoms with Gasteiger partial charge in [0.1, 0.15) is 5.84 Å². The van der Waals surface area contributed by atoms with Crippen molar-refractivity contribution in [2.24, 2.45) is 4.99 Å². The van der Waals surface area contributed by atoms with Crippen LogP contribution >= 0.6 is 0 Å². The third-order valence-electron chi connectivity index (χ3n) is 3.96. The minimum Gasteiger partial charge on any atom is -0.378 e. The minimum absolute atomic E-state index is 0.173. The van der Waals surface area contributed by atoms with Crippen molar-refractivity contribution in [1.82, 2.24) is 5.32 Å². The highest BCUT2D eigenvalue weighted by Gasteiger charge is 2.26. The molecular weight excluding hydrogens is 250 g/mol. The molecule has 0 unspecified atom stereocenters. The van der Waals surface area contributed by atoms with E-state index in [4.69, 9.17) is 9.73 Å². The van der Waals surface area contributed by atoms with Crippen LogP contribution in [0.15, 0.2) is 29.3 Å². The Bertz CT molecular complexity index is 504. The second-order valence-electron chi connectivity index (χ2n) is 6.16. The van der Waals surface area contributed by atoms with E-state index in [0.29, 0.717) is 0 Å². The van der Waals surface area contributed by atoms with Crippen LogP contribution in [0, 0.1) is 0 Å². The molecule has 2 heterocycles. The van der Waals surface area contributed by atoms with Crippen molar-refractivity contribution in [1.29, 1.82) is 0 Å². The number of hydrogen-bond acceptors (Lipinski definition) is 3. The SMILES string of the molecule is CC1(C)CC/C(=N\c2ccccc2N2CCOCC2)N1. The lowest BCUT2D eigenvalue weighted by atomic mass is 10.0. The molecule has 0 aromatic heterocycles. The summed E-state index contributed by atoms with van der Waals surface area (Å²) in [6.45, 7) is 7.95. The largest absolute Gasteiger partial charge is 0.378 e. The van der Waals surface area contributed by atoms with E-state index in [1.54, 1.807) is 0 Å². The van der Waals surface area contributed by atoms with Gasteiger partial charge in [-0.25, -0.2) is 4.99 Å². The van der Waals surface area contributed by atoms with Crippen molar-refractivity contribution < 1.29 is 4.74 Å². The number of ether oxygens (including phenoxy) is 1. The van der Waals surface area contributed by atoms with Crippen LogP contribution in [0.1, 0.15) is 26.7 Å². The van der Waals surface area contributed by atoms with Crippen molar-refractivity contribution >= 4 is 17.2 Å². The fourth-order valence-electron chi connectivity index (χ4n) is 2.81. The number of nitrogens with one attached hydrogen (secondary N) is 1. The van der Waals surface area contributed by atoms with Gasteiger partial charge in [-0.2, -0.15) is 0 Å². The van der Waals surface area contributed by atoms with Crippen LogP contribution in [-0.2, 0) is 4.74 Å². The molecule has 1 N–H and O–H groups in total. The Morgan fingerprint density at radius 2 is 1.95 bits per heavy atom. The number of rotatable bonds is 2. The van der Waals surface area contributed by atoms with Gasteiger partial charge in [0.2, 0.25) is 0 Å². The molecule has 2 saturated heterocycles. The molecule has 2 fully saturated rings. The number of anilines is 1. The number of para-hydroxylation sites is 2. The zero-order valence-electron chi connectivity index (χ0n) is 12.4. The molecule has 20 heavy (non-hydrogen) atoms. The average Bonchev–Trinajstić information content (AvgIpc) is 2.79. The van der Waals surface area contributed by atoms with Gasteiger partial charge >= 0.3 is 0 Å². The number of benzene rings is 1. The zero-order chi connectivity index (χ0) is 14.0. The smallest absolute Gasteiger partial charge is 0.103 e. The summed E-state index contributed by atoms with van der Waals surface area (Å²) >= 11 is 0. The summed E-state index contributed by atoms with van der Waals surface area (Å²) in [4.78, 5) is 7.22. The maximum Gasteiger partial charge on any atom is 0.103 e. The highest BCUT2D eigenvalue weighted by molar-refractivity contribution is 5.89. The van der Waals surface area contributed by atoms with Crippen molar-refractivity contribution in [2.45, 2.75) is 32.2 Å². The van der Waals surface area contributed by atoms with Crippen LogP contribution in [0.3, 0.4) is 0 Å². The fraction of sp³-hybridized carbons (Fsp3) is 0.562.